The van der Waals surface area contributed by atoms with Crippen molar-refractivity contribution >= 4 is 23.7 Å². The van der Waals surface area contributed by atoms with Crippen LogP contribution in [0.25, 0.3) is 6.08 Å². The van der Waals surface area contributed by atoms with Crippen LogP contribution in [-0.4, -0.2) is 26.2 Å². The molecule has 0 radical (unpaired) electrons. The standard InChI is InChI=1S/C18H16N2O4/c1-23-15-10-6-7-12(16(15)24-2)11-14-17(21)20(18(22)19-14)13-8-4-3-5-9-13/h3-11H,1-2H3,(H,19,22)/b14-11+. The zero-order valence-corrected chi connectivity index (χ0v) is 13.3. The fraction of sp³-hybridized carbons (Fsp3) is 0.111. The van der Waals surface area contributed by atoms with Gasteiger partial charge in [-0.2, -0.15) is 0 Å². The fourth-order valence-corrected chi connectivity index (χ4v) is 2.53. The summed E-state index contributed by atoms with van der Waals surface area (Å²) in [7, 11) is 3.06. The quantitative estimate of drug-likeness (QED) is 0.694. The molecule has 2 aromatic rings. The summed E-state index contributed by atoms with van der Waals surface area (Å²) in [6.07, 6.45) is 1.57. The zero-order valence-electron chi connectivity index (χ0n) is 13.3. The highest BCUT2D eigenvalue weighted by Gasteiger charge is 2.34. The molecule has 1 N–H and O–H groups in total. The molecule has 0 bridgehead atoms. The normalized spacial score (nSPS) is 15.6. The number of benzene rings is 2. The second-order valence-corrected chi connectivity index (χ2v) is 5.05. The number of nitrogens with zero attached hydrogens (tertiary/aromatic N) is 1. The Morgan fingerprint density at radius 2 is 1.71 bits per heavy atom. The van der Waals surface area contributed by atoms with Crippen molar-refractivity contribution in [1.29, 1.82) is 0 Å². The zero-order chi connectivity index (χ0) is 17.1. The van der Waals surface area contributed by atoms with Crippen LogP contribution in [0, 0.1) is 0 Å². The van der Waals surface area contributed by atoms with Crippen LogP contribution in [0.5, 0.6) is 11.5 Å². The van der Waals surface area contributed by atoms with Crippen LogP contribution in [0.1, 0.15) is 5.56 Å². The third kappa shape index (κ3) is 2.69. The number of methoxy groups -OCH3 is 2. The van der Waals surface area contributed by atoms with E-state index in [4.69, 9.17) is 9.47 Å². The first-order valence-corrected chi connectivity index (χ1v) is 7.29. The highest BCUT2D eigenvalue weighted by atomic mass is 16.5. The van der Waals surface area contributed by atoms with Crippen LogP contribution in [0.15, 0.2) is 54.2 Å². The molecule has 1 fully saturated rings. The van der Waals surface area contributed by atoms with Crippen LogP contribution in [0.3, 0.4) is 0 Å². The van der Waals surface area contributed by atoms with Gasteiger partial charge in [-0.15, -0.1) is 0 Å². The van der Waals surface area contributed by atoms with Crippen molar-refractivity contribution in [2.24, 2.45) is 0 Å². The predicted molar refractivity (Wildman–Crippen MR) is 90.0 cm³/mol. The van der Waals surface area contributed by atoms with Gasteiger partial charge in [-0.3, -0.25) is 4.79 Å². The Bertz CT molecular complexity index is 815. The lowest BCUT2D eigenvalue weighted by atomic mass is 10.1. The molecule has 6 heteroatoms. The third-order valence-corrected chi connectivity index (χ3v) is 3.63. The van der Waals surface area contributed by atoms with E-state index in [9.17, 15) is 9.59 Å². The highest BCUT2D eigenvalue weighted by Crippen LogP contribution is 2.32. The molecular weight excluding hydrogens is 308 g/mol. The van der Waals surface area contributed by atoms with Gasteiger partial charge in [0.1, 0.15) is 5.70 Å². The molecule has 2 aromatic carbocycles. The first-order valence-electron chi connectivity index (χ1n) is 7.29. The van der Waals surface area contributed by atoms with Crippen LogP contribution >= 0.6 is 0 Å². The Kier molecular flexibility index (Phi) is 4.20. The van der Waals surface area contributed by atoms with E-state index in [-0.39, 0.29) is 5.70 Å². The molecule has 0 aliphatic carbocycles. The van der Waals surface area contributed by atoms with Gasteiger partial charge in [-0.05, 0) is 24.3 Å². The van der Waals surface area contributed by atoms with Crippen molar-refractivity contribution in [1.82, 2.24) is 5.32 Å². The number of urea groups is 1. The molecule has 6 nitrogen and oxygen atoms in total. The van der Waals surface area contributed by atoms with Gasteiger partial charge in [-0.25, -0.2) is 9.69 Å². The molecule has 0 saturated carbocycles. The Labute approximate surface area is 139 Å². The molecule has 1 aliphatic rings. The summed E-state index contributed by atoms with van der Waals surface area (Å²) in [5.74, 6) is 0.618. The smallest absolute Gasteiger partial charge is 0.333 e. The summed E-state index contributed by atoms with van der Waals surface area (Å²) in [6, 6.07) is 13.6. The van der Waals surface area contributed by atoms with E-state index < -0.39 is 11.9 Å². The Balaban J connectivity index is 1.98. The lowest BCUT2D eigenvalue weighted by Gasteiger charge is -2.11. The number of hydrogen-bond acceptors (Lipinski definition) is 4. The van der Waals surface area contributed by atoms with Gasteiger partial charge in [0, 0.05) is 5.56 Å². The van der Waals surface area contributed by atoms with Gasteiger partial charge >= 0.3 is 6.03 Å². The summed E-state index contributed by atoms with van der Waals surface area (Å²) < 4.78 is 10.6. The molecule has 3 amide bonds. The van der Waals surface area contributed by atoms with Gasteiger partial charge < -0.3 is 14.8 Å². The molecule has 3 rings (SSSR count). The number of amides is 3. The van der Waals surface area contributed by atoms with Crippen LogP contribution in [0.4, 0.5) is 10.5 Å². The van der Waals surface area contributed by atoms with Gasteiger partial charge in [0.25, 0.3) is 5.91 Å². The molecule has 1 saturated heterocycles. The third-order valence-electron chi connectivity index (χ3n) is 3.63. The molecule has 122 valence electrons. The van der Waals surface area contributed by atoms with E-state index in [1.807, 2.05) is 6.07 Å². The van der Waals surface area contributed by atoms with Gasteiger partial charge in [0.15, 0.2) is 11.5 Å². The van der Waals surface area contributed by atoms with E-state index in [1.54, 1.807) is 48.5 Å². The molecule has 0 aromatic heterocycles. The lowest BCUT2D eigenvalue weighted by Crippen LogP contribution is -2.30. The maximum atomic E-state index is 12.6. The van der Waals surface area contributed by atoms with Crippen molar-refractivity contribution in [3.8, 4) is 11.5 Å². The van der Waals surface area contributed by atoms with E-state index >= 15 is 0 Å². The first kappa shape index (κ1) is 15.6. The number of para-hydroxylation sites is 2. The average molecular weight is 324 g/mol. The van der Waals surface area contributed by atoms with Crippen molar-refractivity contribution in [2.75, 3.05) is 19.1 Å². The summed E-state index contributed by atoms with van der Waals surface area (Å²) in [5.41, 5.74) is 1.33. The minimum Gasteiger partial charge on any atom is -0.493 e. The molecular formula is C18H16N2O4. The first-order chi connectivity index (χ1) is 11.7. The highest BCUT2D eigenvalue weighted by molar-refractivity contribution is 6.28. The lowest BCUT2D eigenvalue weighted by molar-refractivity contribution is -0.113. The van der Waals surface area contributed by atoms with Crippen LogP contribution in [0.2, 0.25) is 0 Å². The van der Waals surface area contributed by atoms with Crippen LogP contribution in [-0.2, 0) is 4.79 Å². The van der Waals surface area contributed by atoms with Gasteiger partial charge in [0.2, 0.25) is 0 Å². The average Bonchev–Trinajstić information content (AvgIpc) is 2.89. The Morgan fingerprint density at radius 1 is 0.958 bits per heavy atom. The van der Waals surface area contributed by atoms with Gasteiger partial charge in [-0.1, -0.05) is 30.3 Å². The Morgan fingerprint density at radius 3 is 2.38 bits per heavy atom. The molecule has 1 heterocycles. The van der Waals surface area contributed by atoms with Crippen molar-refractivity contribution < 1.29 is 19.1 Å². The summed E-state index contributed by atoms with van der Waals surface area (Å²) in [6.45, 7) is 0. The van der Waals surface area contributed by atoms with E-state index in [0.29, 0.717) is 22.7 Å². The number of rotatable bonds is 4. The van der Waals surface area contributed by atoms with Crippen molar-refractivity contribution in [2.45, 2.75) is 0 Å². The molecule has 1 aliphatic heterocycles. The van der Waals surface area contributed by atoms with Crippen molar-refractivity contribution in [3.05, 3.63) is 59.8 Å². The van der Waals surface area contributed by atoms with Crippen molar-refractivity contribution in [3.63, 3.8) is 0 Å². The number of anilines is 1. The summed E-state index contributed by atoms with van der Waals surface area (Å²) >= 11 is 0. The minimum atomic E-state index is -0.487. The second-order valence-electron chi connectivity index (χ2n) is 5.05. The minimum absolute atomic E-state index is 0.176. The van der Waals surface area contributed by atoms with Gasteiger partial charge in [0.05, 0.1) is 19.9 Å². The number of ether oxygens (including phenoxy) is 2. The Hall–Kier alpha value is -3.28. The maximum absolute atomic E-state index is 12.6. The largest absolute Gasteiger partial charge is 0.493 e. The number of hydrogen-bond donors (Lipinski definition) is 1. The fourth-order valence-electron chi connectivity index (χ4n) is 2.53. The van der Waals surface area contributed by atoms with Crippen LogP contribution < -0.4 is 19.7 Å². The number of nitrogens with one attached hydrogen (secondary N) is 1. The number of carbonyl (C=O) groups excluding carboxylic acids is 2. The number of imide groups is 1. The summed E-state index contributed by atoms with van der Waals surface area (Å²) in [4.78, 5) is 25.8. The molecule has 0 unspecified atom stereocenters. The maximum Gasteiger partial charge on any atom is 0.333 e. The van der Waals surface area contributed by atoms with E-state index in [2.05, 4.69) is 5.32 Å². The predicted octanol–water partition coefficient (Wildman–Crippen LogP) is 2.80. The molecule has 0 spiro atoms. The second kappa shape index (κ2) is 6.45. The summed E-state index contributed by atoms with van der Waals surface area (Å²) in [5, 5.41) is 2.59. The van der Waals surface area contributed by atoms with E-state index in [1.165, 1.54) is 14.2 Å². The molecule has 24 heavy (non-hydrogen) atoms. The molecule has 0 atom stereocenters. The number of carbonyl (C=O) groups is 2. The topological polar surface area (TPSA) is 67.9 Å². The SMILES string of the molecule is COc1cccc(/C=C2/NC(=O)N(c3ccccc3)C2=O)c1OC. The van der Waals surface area contributed by atoms with E-state index in [0.717, 1.165) is 4.90 Å². The monoisotopic (exact) mass is 324 g/mol.